The molecule has 2 N–H and O–H groups in total. The van der Waals surface area contributed by atoms with E-state index < -0.39 is 24.0 Å². The molecule has 2 atom stereocenters. The molecular weight excluding hydrogens is 457 g/mol. The van der Waals surface area contributed by atoms with Gasteiger partial charge in [-0.2, -0.15) is 13.2 Å². The Balaban J connectivity index is 1.58. The van der Waals surface area contributed by atoms with Gasteiger partial charge in [0.2, 0.25) is 11.8 Å². The van der Waals surface area contributed by atoms with E-state index in [0.29, 0.717) is 10.6 Å². The standard InChI is InChI=1S/C26H25F3N4O2/c1-33(25(35)19-14-22(34)31-15-19)24(26(27,28)29)21-13-12-20(16-30-21)32-23(17-8-4-2-5-9-17)18-10-6-3-7-11-18/h2-13,16,19,23-24,32H,14-15H2,1H3,(H,31,34)/t19-,24-/m0/s1. The Bertz CT molecular complexity index is 1120. The lowest BCUT2D eigenvalue weighted by molar-refractivity contribution is -0.191. The number of alkyl halides is 3. The van der Waals surface area contributed by atoms with E-state index in [4.69, 9.17) is 0 Å². The van der Waals surface area contributed by atoms with Crippen LogP contribution in [0.1, 0.15) is 35.3 Å². The number of halogens is 3. The summed E-state index contributed by atoms with van der Waals surface area (Å²) >= 11 is 0. The number of amides is 2. The predicted octanol–water partition coefficient (Wildman–Crippen LogP) is 4.48. The third-order valence-corrected chi connectivity index (χ3v) is 6.01. The minimum absolute atomic E-state index is 0.0310. The average molecular weight is 483 g/mol. The van der Waals surface area contributed by atoms with E-state index in [1.807, 2.05) is 60.7 Å². The van der Waals surface area contributed by atoms with Gasteiger partial charge in [-0.05, 0) is 23.3 Å². The first-order valence-electron chi connectivity index (χ1n) is 11.2. The van der Waals surface area contributed by atoms with Crippen molar-refractivity contribution < 1.29 is 22.8 Å². The molecule has 1 aliphatic heterocycles. The third-order valence-electron chi connectivity index (χ3n) is 6.01. The van der Waals surface area contributed by atoms with Crippen LogP contribution in [0.5, 0.6) is 0 Å². The highest BCUT2D eigenvalue weighted by Gasteiger charge is 2.47. The van der Waals surface area contributed by atoms with Crippen LogP contribution in [-0.4, -0.2) is 41.5 Å². The summed E-state index contributed by atoms with van der Waals surface area (Å²) in [6.45, 7) is 0.0310. The fraction of sp³-hybridized carbons (Fsp3) is 0.269. The smallest absolute Gasteiger partial charge is 0.373 e. The van der Waals surface area contributed by atoms with E-state index in [1.54, 1.807) is 0 Å². The van der Waals surface area contributed by atoms with Gasteiger partial charge in [0.05, 0.1) is 29.5 Å². The predicted molar refractivity (Wildman–Crippen MR) is 125 cm³/mol. The first-order valence-corrected chi connectivity index (χ1v) is 11.2. The zero-order valence-electron chi connectivity index (χ0n) is 19.0. The molecular formula is C26H25F3N4O2. The molecule has 182 valence electrons. The number of hydrogen-bond donors (Lipinski definition) is 2. The summed E-state index contributed by atoms with van der Waals surface area (Å²) in [5.74, 6) is -1.92. The van der Waals surface area contributed by atoms with E-state index >= 15 is 0 Å². The third kappa shape index (κ3) is 5.62. The lowest BCUT2D eigenvalue weighted by Gasteiger charge is -2.31. The van der Waals surface area contributed by atoms with E-state index in [9.17, 15) is 22.8 Å². The Morgan fingerprint density at radius 1 is 1.03 bits per heavy atom. The molecule has 1 fully saturated rings. The van der Waals surface area contributed by atoms with Crippen molar-refractivity contribution in [3.8, 4) is 0 Å². The van der Waals surface area contributed by atoms with Crippen LogP contribution in [0.2, 0.25) is 0 Å². The second-order valence-corrected chi connectivity index (χ2v) is 8.47. The Hall–Kier alpha value is -3.88. The van der Waals surface area contributed by atoms with Crippen LogP contribution in [0.15, 0.2) is 79.0 Å². The monoisotopic (exact) mass is 482 g/mol. The lowest BCUT2D eigenvalue weighted by atomic mass is 9.98. The number of nitrogens with one attached hydrogen (secondary N) is 2. The molecule has 0 aliphatic carbocycles. The molecule has 0 spiro atoms. The molecule has 1 saturated heterocycles. The molecule has 2 heterocycles. The Morgan fingerprint density at radius 2 is 1.63 bits per heavy atom. The first-order chi connectivity index (χ1) is 16.7. The molecule has 4 rings (SSSR count). The summed E-state index contributed by atoms with van der Waals surface area (Å²) < 4.78 is 42.0. The number of rotatable bonds is 7. The van der Waals surface area contributed by atoms with Gasteiger partial charge < -0.3 is 15.5 Å². The van der Waals surface area contributed by atoms with Crippen LogP contribution in [0.25, 0.3) is 0 Å². The normalized spacial score (nSPS) is 16.6. The van der Waals surface area contributed by atoms with Crippen molar-refractivity contribution in [3.05, 3.63) is 95.8 Å². The number of hydrogen-bond acceptors (Lipinski definition) is 4. The topological polar surface area (TPSA) is 74.3 Å². The fourth-order valence-corrected chi connectivity index (χ4v) is 4.25. The number of anilines is 1. The zero-order chi connectivity index (χ0) is 25.0. The van der Waals surface area contributed by atoms with Crippen molar-refractivity contribution in [2.75, 3.05) is 18.9 Å². The molecule has 6 nitrogen and oxygen atoms in total. The largest absolute Gasteiger partial charge is 0.414 e. The minimum atomic E-state index is -4.74. The molecule has 9 heteroatoms. The summed E-state index contributed by atoms with van der Waals surface area (Å²) in [6.07, 6.45) is -3.52. The summed E-state index contributed by atoms with van der Waals surface area (Å²) in [5, 5.41) is 5.83. The highest BCUT2D eigenvalue weighted by molar-refractivity contribution is 5.89. The van der Waals surface area contributed by atoms with Gasteiger partial charge in [0, 0.05) is 20.0 Å². The number of carbonyl (C=O) groups is 2. The number of carbonyl (C=O) groups excluding carboxylic acids is 2. The van der Waals surface area contributed by atoms with Crippen molar-refractivity contribution in [1.29, 1.82) is 0 Å². The van der Waals surface area contributed by atoms with Gasteiger partial charge >= 0.3 is 6.18 Å². The SMILES string of the molecule is CN(C(=O)[C@@H]1CNC(=O)C1)[C@@H](c1ccc(NC(c2ccccc2)c2ccccc2)cn1)C(F)(F)F. The fourth-order valence-electron chi connectivity index (χ4n) is 4.25. The van der Waals surface area contributed by atoms with Crippen molar-refractivity contribution in [2.24, 2.45) is 5.92 Å². The molecule has 1 aliphatic rings. The Morgan fingerprint density at radius 3 is 2.09 bits per heavy atom. The molecule has 0 radical (unpaired) electrons. The van der Waals surface area contributed by atoms with E-state index in [2.05, 4.69) is 15.6 Å². The average Bonchev–Trinajstić information content (AvgIpc) is 3.29. The van der Waals surface area contributed by atoms with Crippen molar-refractivity contribution in [2.45, 2.75) is 24.7 Å². The maximum Gasteiger partial charge on any atom is 0.414 e. The molecule has 35 heavy (non-hydrogen) atoms. The summed E-state index contributed by atoms with van der Waals surface area (Å²) in [4.78, 5) is 28.8. The molecule has 1 aromatic heterocycles. The Labute approximate surface area is 201 Å². The summed E-state index contributed by atoms with van der Waals surface area (Å²) in [7, 11) is 1.10. The molecule has 3 aromatic rings. The summed E-state index contributed by atoms with van der Waals surface area (Å²) in [5.41, 5.74) is 2.21. The van der Waals surface area contributed by atoms with Crippen LogP contribution in [0.4, 0.5) is 18.9 Å². The second-order valence-electron chi connectivity index (χ2n) is 8.47. The van der Waals surface area contributed by atoms with Crippen LogP contribution >= 0.6 is 0 Å². The number of nitrogens with zero attached hydrogens (tertiary/aromatic N) is 2. The van der Waals surface area contributed by atoms with Crippen LogP contribution in [-0.2, 0) is 9.59 Å². The van der Waals surface area contributed by atoms with E-state index in [-0.39, 0.29) is 30.6 Å². The van der Waals surface area contributed by atoms with Crippen LogP contribution < -0.4 is 10.6 Å². The number of aromatic nitrogens is 1. The number of benzene rings is 2. The van der Waals surface area contributed by atoms with Gasteiger partial charge in [0.25, 0.3) is 0 Å². The second kappa shape index (κ2) is 10.2. The maximum absolute atomic E-state index is 14.0. The molecule has 2 aromatic carbocycles. The van der Waals surface area contributed by atoms with Crippen LogP contribution in [0, 0.1) is 5.92 Å². The lowest BCUT2D eigenvalue weighted by Crippen LogP contribution is -2.43. The first kappa shape index (κ1) is 24.3. The highest BCUT2D eigenvalue weighted by Crippen LogP contribution is 2.37. The van der Waals surface area contributed by atoms with Gasteiger partial charge in [0.1, 0.15) is 0 Å². The number of pyridine rings is 1. The summed E-state index contributed by atoms with van der Waals surface area (Å²) in [6, 6.07) is 19.7. The van der Waals surface area contributed by atoms with Gasteiger partial charge in [-0.1, -0.05) is 60.7 Å². The zero-order valence-corrected chi connectivity index (χ0v) is 19.0. The maximum atomic E-state index is 14.0. The Kier molecular flexibility index (Phi) is 7.04. The highest BCUT2D eigenvalue weighted by atomic mass is 19.4. The van der Waals surface area contributed by atoms with Gasteiger partial charge in [-0.3, -0.25) is 14.6 Å². The van der Waals surface area contributed by atoms with Crippen LogP contribution in [0.3, 0.4) is 0 Å². The molecule has 0 unspecified atom stereocenters. The minimum Gasteiger partial charge on any atom is -0.373 e. The molecule has 0 bridgehead atoms. The van der Waals surface area contributed by atoms with Crippen molar-refractivity contribution >= 4 is 17.5 Å². The quantitative estimate of drug-likeness (QED) is 0.521. The molecule has 0 saturated carbocycles. The van der Waals surface area contributed by atoms with Crippen molar-refractivity contribution in [1.82, 2.24) is 15.2 Å². The van der Waals surface area contributed by atoms with E-state index in [0.717, 1.165) is 18.2 Å². The van der Waals surface area contributed by atoms with Gasteiger partial charge in [-0.15, -0.1) is 0 Å². The van der Waals surface area contributed by atoms with Crippen molar-refractivity contribution in [3.63, 3.8) is 0 Å². The van der Waals surface area contributed by atoms with Gasteiger partial charge in [0.15, 0.2) is 6.04 Å². The molecule has 2 amide bonds. The van der Waals surface area contributed by atoms with Gasteiger partial charge in [-0.25, -0.2) is 0 Å². The van der Waals surface area contributed by atoms with E-state index in [1.165, 1.54) is 18.3 Å².